The van der Waals surface area contributed by atoms with E-state index in [0.29, 0.717) is 12.5 Å². The van der Waals surface area contributed by atoms with Crippen molar-refractivity contribution in [1.82, 2.24) is 9.80 Å². The van der Waals surface area contributed by atoms with Crippen LogP contribution in [0.4, 0.5) is 4.39 Å². The molecule has 1 aromatic rings. The van der Waals surface area contributed by atoms with Gasteiger partial charge in [-0.25, -0.2) is 9.38 Å². The Morgan fingerprint density at radius 3 is 2.78 bits per heavy atom. The fraction of sp³-hybridized carbons (Fsp3) is 0.538. The summed E-state index contributed by atoms with van der Waals surface area (Å²) in [6, 6.07) is 5.08. The SMILES string of the molecule is C=CN1CCCC(O)/C1=N/C(C)=C(\C)CCN1CCC(C2=NCc3cc(F)ccc32)CC1. The maximum Gasteiger partial charge on any atom is 0.137 e. The summed E-state index contributed by atoms with van der Waals surface area (Å²) in [6.45, 7) is 12.7. The third-order valence-electron chi connectivity index (χ3n) is 7.13. The Hall–Kier alpha value is -2.31. The van der Waals surface area contributed by atoms with Crippen molar-refractivity contribution in [2.75, 3.05) is 26.2 Å². The molecule has 0 amide bonds. The molecule has 0 spiro atoms. The molecule has 3 aliphatic heterocycles. The molecule has 0 saturated carbocycles. The molecule has 5 nitrogen and oxygen atoms in total. The number of piperidine rings is 2. The van der Waals surface area contributed by atoms with Crippen LogP contribution in [0.2, 0.25) is 0 Å². The quantitative estimate of drug-likeness (QED) is 0.710. The molecule has 172 valence electrons. The minimum absolute atomic E-state index is 0.172. The topological polar surface area (TPSA) is 51.4 Å². The van der Waals surface area contributed by atoms with E-state index in [1.165, 1.54) is 11.3 Å². The summed E-state index contributed by atoms with van der Waals surface area (Å²) >= 11 is 0. The lowest BCUT2D eigenvalue weighted by molar-refractivity contribution is 0.192. The first-order valence-electron chi connectivity index (χ1n) is 11.8. The predicted molar refractivity (Wildman–Crippen MR) is 128 cm³/mol. The zero-order chi connectivity index (χ0) is 22.7. The molecule has 2 fully saturated rings. The molecule has 6 heteroatoms. The molecule has 1 unspecified atom stereocenters. The highest BCUT2D eigenvalue weighted by atomic mass is 19.1. The minimum Gasteiger partial charge on any atom is -0.385 e. The van der Waals surface area contributed by atoms with Gasteiger partial charge in [-0.1, -0.05) is 12.2 Å². The minimum atomic E-state index is -0.511. The number of halogens is 1. The van der Waals surface area contributed by atoms with Crippen LogP contribution in [0.25, 0.3) is 0 Å². The smallest absolute Gasteiger partial charge is 0.137 e. The third kappa shape index (κ3) is 5.02. The van der Waals surface area contributed by atoms with Crippen molar-refractivity contribution < 1.29 is 9.50 Å². The second-order valence-electron chi connectivity index (χ2n) is 9.24. The van der Waals surface area contributed by atoms with E-state index in [1.54, 1.807) is 18.3 Å². The van der Waals surface area contributed by atoms with Gasteiger partial charge in [0.2, 0.25) is 0 Å². The lowest BCUT2D eigenvalue weighted by atomic mass is 9.87. The van der Waals surface area contributed by atoms with Gasteiger partial charge in [0.1, 0.15) is 17.8 Å². The molecule has 0 aromatic heterocycles. The highest BCUT2D eigenvalue weighted by Crippen LogP contribution is 2.29. The molecule has 3 aliphatic rings. The number of amidine groups is 1. The largest absolute Gasteiger partial charge is 0.385 e. The Kier molecular flexibility index (Phi) is 7.21. The zero-order valence-corrected chi connectivity index (χ0v) is 19.4. The summed E-state index contributed by atoms with van der Waals surface area (Å²) in [4.78, 5) is 14.0. The van der Waals surface area contributed by atoms with Crippen LogP contribution in [-0.2, 0) is 6.54 Å². The Labute approximate surface area is 191 Å². The first kappa shape index (κ1) is 22.9. The Morgan fingerprint density at radius 1 is 1.25 bits per heavy atom. The molecule has 1 N–H and O–H groups in total. The average Bonchev–Trinajstić information content (AvgIpc) is 3.22. The number of allylic oxidation sites excluding steroid dienone is 1. The van der Waals surface area contributed by atoms with Crippen molar-refractivity contribution in [3.8, 4) is 0 Å². The van der Waals surface area contributed by atoms with Gasteiger partial charge in [0.25, 0.3) is 0 Å². The molecule has 0 bridgehead atoms. The maximum atomic E-state index is 13.5. The van der Waals surface area contributed by atoms with Crippen molar-refractivity contribution in [3.63, 3.8) is 0 Å². The molecule has 4 rings (SSSR count). The molecular formula is C26H35FN4O. The van der Waals surface area contributed by atoms with Crippen molar-refractivity contribution in [1.29, 1.82) is 0 Å². The monoisotopic (exact) mass is 438 g/mol. The number of likely N-dealkylation sites (tertiary alicyclic amines) is 2. The summed E-state index contributed by atoms with van der Waals surface area (Å²) in [6.07, 6.45) is 6.13. The fourth-order valence-corrected chi connectivity index (χ4v) is 4.97. The first-order chi connectivity index (χ1) is 15.5. The van der Waals surface area contributed by atoms with Gasteiger partial charge in [0, 0.05) is 36.0 Å². The number of hydrogen-bond acceptors (Lipinski definition) is 4. The van der Waals surface area contributed by atoms with Gasteiger partial charge in [-0.05, 0) is 89.0 Å². The Balaban J connectivity index is 1.30. The zero-order valence-electron chi connectivity index (χ0n) is 19.4. The molecule has 1 atom stereocenters. The molecule has 3 heterocycles. The van der Waals surface area contributed by atoms with Gasteiger partial charge in [-0.3, -0.25) is 4.99 Å². The fourth-order valence-electron chi connectivity index (χ4n) is 4.97. The van der Waals surface area contributed by atoms with Crippen LogP contribution in [0.15, 0.2) is 52.2 Å². The summed E-state index contributed by atoms with van der Waals surface area (Å²) < 4.78 is 13.5. The summed E-state index contributed by atoms with van der Waals surface area (Å²) in [5.41, 5.74) is 5.61. The first-order valence-corrected chi connectivity index (χ1v) is 11.8. The Bertz CT molecular complexity index is 943. The van der Waals surface area contributed by atoms with Gasteiger partial charge in [-0.2, -0.15) is 0 Å². The number of nitrogens with zero attached hydrogens (tertiary/aromatic N) is 4. The lowest BCUT2D eigenvalue weighted by Gasteiger charge is -2.32. The van der Waals surface area contributed by atoms with Gasteiger partial charge in [0.15, 0.2) is 0 Å². The van der Waals surface area contributed by atoms with E-state index in [9.17, 15) is 9.50 Å². The van der Waals surface area contributed by atoms with Crippen LogP contribution >= 0.6 is 0 Å². The summed E-state index contributed by atoms with van der Waals surface area (Å²) in [5.74, 6) is 1.02. The van der Waals surface area contributed by atoms with Crippen molar-refractivity contribution >= 4 is 11.5 Å². The van der Waals surface area contributed by atoms with Crippen LogP contribution in [0.1, 0.15) is 57.1 Å². The van der Waals surface area contributed by atoms with Crippen LogP contribution < -0.4 is 0 Å². The van der Waals surface area contributed by atoms with Crippen molar-refractivity contribution in [3.05, 3.63) is 59.2 Å². The second kappa shape index (κ2) is 10.1. The number of hydrogen-bond donors (Lipinski definition) is 1. The summed E-state index contributed by atoms with van der Waals surface area (Å²) in [7, 11) is 0. The standard InChI is InChI=1S/C26H35FN4O/c1-4-31-12-5-6-24(32)26(31)29-19(3)18(2)9-13-30-14-10-20(11-15-30)25-23-8-7-22(27)16-21(23)17-28-25/h4,7-8,16,20,24,32H,1,5-6,9-15,17H2,2-3H3/b19-18+,29-26-. The van der Waals surface area contributed by atoms with E-state index in [1.807, 2.05) is 17.9 Å². The van der Waals surface area contributed by atoms with E-state index in [4.69, 9.17) is 9.98 Å². The highest BCUT2D eigenvalue weighted by Gasteiger charge is 2.28. The van der Waals surface area contributed by atoms with Crippen LogP contribution in [0.5, 0.6) is 0 Å². The highest BCUT2D eigenvalue weighted by molar-refractivity contribution is 6.05. The van der Waals surface area contributed by atoms with E-state index in [0.717, 1.165) is 80.9 Å². The predicted octanol–water partition coefficient (Wildman–Crippen LogP) is 4.52. The third-order valence-corrected chi connectivity index (χ3v) is 7.13. The molecular weight excluding hydrogens is 403 g/mol. The molecule has 0 aliphatic carbocycles. The van der Waals surface area contributed by atoms with E-state index in [-0.39, 0.29) is 5.82 Å². The normalized spacial score (nSPS) is 24.4. The van der Waals surface area contributed by atoms with Gasteiger partial charge >= 0.3 is 0 Å². The van der Waals surface area contributed by atoms with Crippen molar-refractivity contribution in [2.45, 2.75) is 58.6 Å². The number of aliphatic hydroxyl groups excluding tert-OH is 1. The molecule has 0 radical (unpaired) electrons. The number of aliphatic hydroxyl groups is 1. The van der Waals surface area contributed by atoms with Crippen LogP contribution in [0.3, 0.4) is 0 Å². The number of aliphatic imine (C=N–C) groups is 2. The number of rotatable bonds is 6. The number of fused-ring (bicyclic) bond motifs is 1. The van der Waals surface area contributed by atoms with E-state index >= 15 is 0 Å². The Morgan fingerprint density at radius 2 is 2.03 bits per heavy atom. The molecule has 32 heavy (non-hydrogen) atoms. The summed E-state index contributed by atoms with van der Waals surface area (Å²) in [5, 5.41) is 10.3. The molecule has 2 saturated heterocycles. The second-order valence-corrected chi connectivity index (χ2v) is 9.24. The van der Waals surface area contributed by atoms with E-state index < -0.39 is 6.10 Å². The van der Waals surface area contributed by atoms with E-state index in [2.05, 4.69) is 18.4 Å². The van der Waals surface area contributed by atoms with Gasteiger partial charge < -0.3 is 14.9 Å². The van der Waals surface area contributed by atoms with Gasteiger partial charge in [0.05, 0.1) is 6.54 Å². The lowest BCUT2D eigenvalue weighted by Crippen LogP contribution is -2.41. The molecule has 1 aromatic carbocycles. The van der Waals surface area contributed by atoms with Crippen LogP contribution in [-0.4, -0.2) is 58.7 Å². The average molecular weight is 439 g/mol. The van der Waals surface area contributed by atoms with Crippen molar-refractivity contribution in [2.24, 2.45) is 15.9 Å². The van der Waals surface area contributed by atoms with Crippen LogP contribution in [0, 0.1) is 11.7 Å². The van der Waals surface area contributed by atoms with Gasteiger partial charge in [-0.15, -0.1) is 0 Å². The maximum absolute atomic E-state index is 13.5. The number of benzene rings is 1.